The molecule has 6 heteroatoms. The van der Waals surface area contributed by atoms with Crippen LogP contribution in [0.1, 0.15) is 5.56 Å². The summed E-state index contributed by atoms with van der Waals surface area (Å²) in [5.74, 6) is 1.57. The number of hydrogen-bond acceptors (Lipinski definition) is 5. The van der Waals surface area contributed by atoms with Crippen LogP contribution in [0.2, 0.25) is 0 Å². The molecule has 2 rings (SSSR count). The van der Waals surface area contributed by atoms with Crippen molar-refractivity contribution in [2.24, 2.45) is 0 Å². The van der Waals surface area contributed by atoms with E-state index in [1.165, 1.54) is 11.9 Å². The molecule has 2 heterocycles. The zero-order valence-corrected chi connectivity index (χ0v) is 11.0. The van der Waals surface area contributed by atoms with Crippen LogP contribution in [0.4, 0.5) is 11.6 Å². The van der Waals surface area contributed by atoms with Crippen molar-refractivity contribution in [1.82, 2.24) is 15.0 Å². The maximum Gasteiger partial charge on any atom is 0.134 e. The molecule has 0 bridgehead atoms. The topological polar surface area (TPSA) is 71.8 Å². The van der Waals surface area contributed by atoms with Crippen LogP contribution in [0.3, 0.4) is 0 Å². The van der Waals surface area contributed by atoms with E-state index in [0.29, 0.717) is 6.54 Å². The summed E-state index contributed by atoms with van der Waals surface area (Å²) in [6.45, 7) is 1.07. The molecule has 0 aliphatic carbocycles. The van der Waals surface area contributed by atoms with E-state index < -0.39 is 0 Å². The van der Waals surface area contributed by atoms with Crippen molar-refractivity contribution in [3.8, 4) is 6.07 Å². The molecule has 0 aliphatic rings. The first-order valence-corrected chi connectivity index (χ1v) is 5.93. The summed E-state index contributed by atoms with van der Waals surface area (Å²) in [5.41, 5.74) is 1.19. The average molecular weight is 256 g/mol. The van der Waals surface area contributed by atoms with Crippen LogP contribution >= 0.6 is 0 Å². The Morgan fingerprint density at radius 3 is 2.63 bits per heavy atom. The highest BCUT2D eigenvalue weighted by Crippen LogP contribution is 2.17. The van der Waals surface area contributed by atoms with Crippen LogP contribution in [0.15, 0.2) is 30.9 Å². The van der Waals surface area contributed by atoms with E-state index in [-0.39, 0.29) is 0 Å². The minimum Gasteiger partial charge on any atom is -0.367 e. The molecule has 0 saturated carbocycles. The average Bonchev–Trinajstić information content (AvgIpc) is 2.92. The maximum absolute atomic E-state index is 8.70. The predicted molar refractivity (Wildman–Crippen MR) is 73.8 cm³/mol. The first-order valence-electron chi connectivity index (χ1n) is 5.93. The third-order valence-electron chi connectivity index (χ3n) is 2.81. The highest BCUT2D eigenvalue weighted by atomic mass is 15.2. The van der Waals surface area contributed by atoms with Crippen molar-refractivity contribution in [1.29, 1.82) is 5.26 Å². The number of rotatable bonds is 5. The van der Waals surface area contributed by atoms with Gasteiger partial charge >= 0.3 is 0 Å². The molecule has 0 aliphatic heterocycles. The van der Waals surface area contributed by atoms with E-state index in [1.54, 1.807) is 4.90 Å². The van der Waals surface area contributed by atoms with Crippen molar-refractivity contribution >= 4 is 11.6 Å². The van der Waals surface area contributed by atoms with Crippen LogP contribution in [-0.4, -0.2) is 35.6 Å². The fraction of sp³-hybridized carbons (Fsp3) is 0.308. The number of H-pyrrole nitrogens is 1. The van der Waals surface area contributed by atoms with Crippen molar-refractivity contribution < 1.29 is 0 Å². The van der Waals surface area contributed by atoms with Gasteiger partial charge in [0.2, 0.25) is 0 Å². The fourth-order valence-corrected chi connectivity index (χ4v) is 1.75. The zero-order valence-electron chi connectivity index (χ0n) is 11.0. The van der Waals surface area contributed by atoms with Crippen LogP contribution in [0, 0.1) is 11.3 Å². The summed E-state index contributed by atoms with van der Waals surface area (Å²) in [6.07, 6.45) is 5.38. The lowest BCUT2D eigenvalue weighted by Crippen LogP contribution is -2.21. The fourth-order valence-electron chi connectivity index (χ4n) is 1.75. The van der Waals surface area contributed by atoms with Gasteiger partial charge in [0.05, 0.1) is 6.07 Å². The van der Waals surface area contributed by atoms with Crippen LogP contribution in [-0.2, 0) is 6.54 Å². The van der Waals surface area contributed by atoms with Crippen LogP contribution < -0.4 is 9.80 Å². The number of nitriles is 1. The number of nitrogens with zero attached hydrogens (tertiary/aromatic N) is 5. The summed E-state index contributed by atoms with van der Waals surface area (Å²) in [7, 11) is 3.81. The molecule has 0 atom stereocenters. The Morgan fingerprint density at radius 2 is 2.00 bits per heavy atom. The normalized spacial score (nSPS) is 9.95. The quantitative estimate of drug-likeness (QED) is 0.819. The Labute approximate surface area is 112 Å². The monoisotopic (exact) mass is 256 g/mol. The molecule has 2 aromatic heterocycles. The van der Waals surface area contributed by atoms with Gasteiger partial charge in [-0.1, -0.05) is 0 Å². The highest BCUT2D eigenvalue weighted by Gasteiger charge is 2.08. The van der Waals surface area contributed by atoms with Gasteiger partial charge in [-0.05, 0) is 11.6 Å². The third-order valence-corrected chi connectivity index (χ3v) is 2.81. The Bertz CT molecular complexity index is 557. The lowest BCUT2D eigenvalue weighted by atomic mass is 10.3. The first-order chi connectivity index (χ1) is 9.20. The Morgan fingerprint density at radius 1 is 1.26 bits per heavy atom. The van der Waals surface area contributed by atoms with Gasteiger partial charge in [0.25, 0.3) is 0 Å². The van der Waals surface area contributed by atoms with Gasteiger partial charge in [-0.25, -0.2) is 9.97 Å². The molecule has 0 aromatic carbocycles. The lowest BCUT2D eigenvalue weighted by molar-refractivity contribution is 0.884. The smallest absolute Gasteiger partial charge is 0.134 e. The van der Waals surface area contributed by atoms with Crippen LogP contribution in [0.25, 0.3) is 0 Å². The number of nitrogens with one attached hydrogen (secondary N) is 1. The minimum atomic E-state index is 0.304. The van der Waals surface area contributed by atoms with E-state index >= 15 is 0 Å². The summed E-state index contributed by atoms with van der Waals surface area (Å²) in [6, 6.07) is 6.01. The first kappa shape index (κ1) is 12.9. The molecule has 6 nitrogen and oxygen atoms in total. The van der Waals surface area contributed by atoms with Crippen molar-refractivity contribution in [3.63, 3.8) is 0 Å². The Kier molecular flexibility index (Phi) is 3.98. The SMILES string of the molecule is CN(CC#N)c1cc(N(C)Cc2cc[nH]c2)ncn1. The summed E-state index contributed by atoms with van der Waals surface area (Å²) in [4.78, 5) is 15.3. The number of aromatic nitrogens is 3. The molecule has 98 valence electrons. The molecular weight excluding hydrogens is 240 g/mol. The molecule has 1 N–H and O–H groups in total. The highest BCUT2D eigenvalue weighted by molar-refractivity contribution is 5.49. The number of aromatic amines is 1. The van der Waals surface area contributed by atoms with Gasteiger partial charge in [0.1, 0.15) is 24.5 Å². The standard InChI is InChI=1S/C13H16N6/c1-18(6-4-14)12-7-13(17-10-16-12)19(2)9-11-3-5-15-8-11/h3,5,7-8,10,15H,6,9H2,1-2H3. The number of anilines is 2. The van der Waals surface area contributed by atoms with Gasteiger partial charge in [0, 0.05) is 39.1 Å². The molecule has 2 aromatic rings. The van der Waals surface area contributed by atoms with Gasteiger partial charge in [-0.2, -0.15) is 5.26 Å². The van der Waals surface area contributed by atoms with Crippen molar-refractivity contribution in [2.45, 2.75) is 6.54 Å². The molecule has 0 fully saturated rings. The second-order valence-corrected chi connectivity index (χ2v) is 4.32. The van der Waals surface area contributed by atoms with E-state index in [4.69, 9.17) is 5.26 Å². The summed E-state index contributed by atoms with van der Waals surface area (Å²) >= 11 is 0. The Hall–Kier alpha value is -2.55. The zero-order chi connectivity index (χ0) is 13.7. The Balaban J connectivity index is 2.12. The second-order valence-electron chi connectivity index (χ2n) is 4.32. The second kappa shape index (κ2) is 5.87. The molecule has 0 amide bonds. The van der Waals surface area contributed by atoms with E-state index in [1.807, 2.05) is 43.5 Å². The van der Waals surface area contributed by atoms with E-state index in [0.717, 1.165) is 18.2 Å². The molecule has 0 unspecified atom stereocenters. The molecular formula is C13H16N6. The summed E-state index contributed by atoms with van der Waals surface area (Å²) in [5, 5.41) is 8.70. The molecule has 19 heavy (non-hydrogen) atoms. The van der Waals surface area contributed by atoms with Gasteiger partial charge < -0.3 is 14.8 Å². The maximum atomic E-state index is 8.70. The number of hydrogen-bond donors (Lipinski definition) is 1. The molecule has 0 radical (unpaired) electrons. The van der Waals surface area contributed by atoms with E-state index in [2.05, 4.69) is 21.0 Å². The van der Waals surface area contributed by atoms with E-state index in [9.17, 15) is 0 Å². The third kappa shape index (κ3) is 3.22. The van der Waals surface area contributed by atoms with Gasteiger partial charge in [-0.15, -0.1) is 0 Å². The molecule has 0 spiro atoms. The van der Waals surface area contributed by atoms with Gasteiger partial charge in [-0.3, -0.25) is 0 Å². The van der Waals surface area contributed by atoms with Crippen molar-refractivity contribution in [3.05, 3.63) is 36.4 Å². The lowest BCUT2D eigenvalue weighted by Gasteiger charge is -2.20. The largest absolute Gasteiger partial charge is 0.367 e. The van der Waals surface area contributed by atoms with Gasteiger partial charge in [0.15, 0.2) is 0 Å². The molecule has 0 saturated heterocycles. The minimum absolute atomic E-state index is 0.304. The summed E-state index contributed by atoms with van der Waals surface area (Å²) < 4.78 is 0. The predicted octanol–water partition coefficient (Wildman–Crippen LogP) is 1.40. The van der Waals surface area contributed by atoms with Crippen LogP contribution in [0.5, 0.6) is 0 Å². The van der Waals surface area contributed by atoms with Crippen molar-refractivity contribution in [2.75, 3.05) is 30.4 Å².